The zero-order valence-corrected chi connectivity index (χ0v) is 12.8. The van der Waals surface area contributed by atoms with Crippen molar-refractivity contribution in [3.05, 3.63) is 47.3 Å². The summed E-state index contributed by atoms with van der Waals surface area (Å²) >= 11 is 3.38. The smallest absolute Gasteiger partial charge is 0.317 e. The first-order valence-corrected chi connectivity index (χ1v) is 7.01. The van der Waals surface area contributed by atoms with Gasteiger partial charge in [-0.05, 0) is 12.1 Å². The zero-order valence-electron chi connectivity index (χ0n) is 11.2. The molecule has 2 aromatic rings. The van der Waals surface area contributed by atoms with Crippen molar-refractivity contribution in [3.63, 3.8) is 0 Å². The van der Waals surface area contributed by atoms with Gasteiger partial charge in [-0.1, -0.05) is 39.3 Å². The number of carboxylic acid groups (broad SMARTS) is 1. The van der Waals surface area contributed by atoms with Crippen molar-refractivity contribution in [1.82, 2.24) is 15.0 Å². The van der Waals surface area contributed by atoms with Crippen LogP contribution in [0.2, 0.25) is 0 Å². The summed E-state index contributed by atoms with van der Waals surface area (Å²) in [6, 6.07) is 7.54. The number of carboxylic acids is 1. The number of nitrogens with zero attached hydrogens (tertiary/aromatic N) is 3. The van der Waals surface area contributed by atoms with E-state index < -0.39 is 5.97 Å². The van der Waals surface area contributed by atoms with Gasteiger partial charge in [-0.25, -0.2) is 0 Å². The van der Waals surface area contributed by atoms with Crippen LogP contribution in [0.25, 0.3) is 11.4 Å². The summed E-state index contributed by atoms with van der Waals surface area (Å²) < 4.78 is 6.09. The number of benzene rings is 1. The molecule has 110 valence electrons. The maximum absolute atomic E-state index is 10.8. The van der Waals surface area contributed by atoms with Crippen LogP contribution < -0.4 is 0 Å². The molecule has 0 aliphatic heterocycles. The Morgan fingerprint density at radius 1 is 1.52 bits per heavy atom. The van der Waals surface area contributed by atoms with E-state index in [1.165, 1.54) is 0 Å². The molecule has 21 heavy (non-hydrogen) atoms. The molecule has 0 aliphatic rings. The van der Waals surface area contributed by atoms with E-state index in [0.717, 1.165) is 10.0 Å². The largest absolute Gasteiger partial charge is 0.480 e. The van der Waals surface area contributed by atoms with Crippen LogP contribution in [0.5, 0.6) is 0 Å². The van der Waals surface area contributed by atoms with Gasteiger partial charge < -0.3 is 9.63 Å². The molecule has 1 aromatic heterocycles. The monoisotopic (exact) mass is 351 g/mol. The predicted octanol–water partition coefficient (Wildman–Crippen LogP) is 2.57. The molecular formula is C14H14BrN3O3. The molecule has 0 amide bonds. The number of halogens is 1. The Labute approximate surface area is 130 Å². The van der Waals surface area contributed by atoms with E-state index in [1.54, 1.807) is 11.0 Å². The Hall–Kier alpha value is -1.99. The van der Waals surface area contributed by atoms with Gasteiger partial charge >= 0.3 is 5.97 Å². The van der Waals surface area contributed by atoms with Gasteiger partial charge in [0.15, 0.2) is 0 Å². The molecule has 0 saturated heterocycles. The number of aromatic nitrogens is 2. The highest BCUT2D eigenvalue weighted by molar-refractivity contribution is 9.10. The van der Waals surface area contributed by atoms with E-state index in [2.05, 4.69) is 32.6 Å². The molecule has 0 saturated carbocycles. The predicted molar refractivity (Wildman–Crippen MR) is 80.5 cm³/mol. The van der Waals surface area contributed by atoms with E-state index in [9.17, 15) is 4.79 Å². The Balaban J connectivity index is 2.11. The van der Waals surface area contributed by atoms with E-state index in [-0.39, 0.29) is 13.1 Å². The van der Waals surface area contributed by atoms with Crippen LogP contribution >= 0.6 is 15.9 Å². The standard InChI is InChI=1S/C14H14BrN3O3/c1-2-6-18(9-13(19)20)8-12-16-14(17-21-12)10-4-3-5-11(15)7-10/h2-5,7H,1,6,8-9H2,(H,19,20). The fraction of sp³-hybridized carbons (Fsp3) is 0.214. The molecule has 0 unspecified atom stereocenters. The van der Waals surface area contributed by atoms with Gasteiger partial charge in [0.25, 0.3) is 0 Å². The first-order valence-electron chi connectivity index (χ1n) is 6.22. The lowest BCUT2D eigenvalue weighted by Crippen LogP contribution is -2.29. The van der Waals surface area contributed by atoms with E-state index in [4.69, 9.17) is 9.63 Å². The average molecular weight is 352 g/mol. The molecule has 0 aliphatic carbocycles. The second kappa shape index (κ2) is 7.14. The minimum atomic E-state index is -0.913. The zero-order chi connectivity index (χ0) is 15.2. The number of hydrogen-bond acceptors (Lipinski definition) is 5. The molecule has 6 nitrogen and oxygen atoms in total. The van der Waals surface area contributed by atoms with E-state index in [0.29, 0.717) is 18.3 Å². The normalized spacial score (nSPS) is 10.8. The molecule has 0 atom stereocenters. The minimum absolute atomic E-state index is 0.110. The summed E-state index contributed by atoms with van der Waals surface area (Å²) in [4.78, 5) is 16.7. The van der Waals surface area contributed by atoms with Gasteiger partial charge in [-0.2, -0.15) is 4.98 Å². The van der Waals surface area contributed by atoms with Gasteiger partial charge in [0.1, 0.15) is 0 Å². The van der Waals surface area contributed by atoms with Crippen LogP contribution in [0, 0.1) is 0 Å². The molecule has 1 aromatic carbocycles. The van der Waals surface area contributed by atoms with Gasteiger partial charge in [0, 0.05) is 16.6 Å². The van der Waals surface area contributed by atoms with Crippen LogP contribution in [0.1, 0.15) is 5.89 Å². The highest BCUT2D eigenvalue weighted by Crippen LogP contribution is 2.20. The molecular weight excluding hydrogens is 338 g/mol. The maximum Gasteiger partial charge on any atom is 0.317 e. The number of carbonyl (C=O) groups is 1. The molecule has 1 N–H and O–H groups in total. The van der Waals surface area contributed by atoms with Crippen molar-refractivity contribution >= 4 is 21.9 Å². The lowest BCUT2D eigenvalue weighted by atomic mass is 10.2. The van der Waals surface area contributed by atoms with Crippen molar-refractivity contribution < 1.29 is 14.4 Å². The lowest BCUT2D eigenvalue weighted by Gasteiger charge is -2.15. The third-order valence-electron chi connectivity index (χ3n) is 2.66. The van der Waals surface area contributed by atoms with Crippen LogP contribution in [-0.2, 0) is 11.3 Å². The lowest BCUT2D eigenvalue weighted by molar-refractivity contribution is -0.138. The summed E-state index contributed by atoms with van der Waals surface area (Å²) in [5.41, 5.74) is 0.827. The topological polar surface area (TPSA) is 79.5 Å². The molecule has 1 heterocycles. The molecule has 0 bridgehead atoms. The van der Waals surface area contributed by atoms with Crippen molar-refractivity contribution in [2.75, 3.05) is 13.1 Å². The summed E-state index contributed by atoms with van der Waals surface area (Å²) in [6.45, 7) is 4.19. The maximum atomic E-state index is 10.8. The number of rotatable bonds is 7. The van der Waals surface area contributed by atoms with Gasteiger partial charge in [-0.3, -0.25) is 9.69 Å². The third kappa shape index (κ3) is 4.51. The first-order chi connectivity index (χ1) is 10.1. The summed E-state index contributed by atoms with van der Waals surface area (Å²) in [6.07, 6.45) is 1.63. The van der Waals surface area contributed by atoms with Crippen molar-refractivity contribution in [3.8, 4) is 11.4 Å². The van der Waals surface area contributed by atoms with Crippen LogP contribution in [0.4, 0.5) is 0 Å². The highest BCUT2D eigenvalue weighted by Gasteiger charge is 2.14. The fourth-order valence-electron chi connectivity index (χ4n) is 1.81. The summed E-state index contributed by atoms with van der Waals surface area (Å²) in [7, 11) is 0. The average Bonchev–Trinajstić information content (AvgIpc) is 2.87. The summed E-state index contributed by atoms with van der Waals surface area (Å²) in [5.74, 6) is -0.0724. The van der Waals surface area contributed by atoms with Gasteiger partial charge in [0.2, 0.25) is 11.7 Å². The summed E-state index contributed by atoms with van der Waals surface area (Å²) in [5, 5.41) is 12.8. The molecule has 0 spiro atoms. The van der Waals surface area contributed by atoms with Gasteiger partial charge in [-0.15, -0.1) is 6.58 Å². The number of aliphatic carboxylic acids is 1. The first kappa shape index (κ1) is 15.4. The van der Waals surface area contributed by atoms with Crippen molar-refractivity contribution in [2.45, 2.75) is 6.54 Å². The van der Waals surface area contributed by atoms with E-state index >= 15 is 0 Å². The Morgan fingerprint density at radius 2 is 2.33 bits per heavy atom. The number of hydrogen-bond donors (Lipinski definition) is 1. The third-order valence-corrected chi connectivity index (χ3v) is 3.15. The SMILES string of the molecule is C=CCN(CC(=O)O)Cc1nc(-c2cccc(Br)c2)no1. The van der Waals surface area contributed by atoms with Gasteiger partial charge in [0.05, 0.1) is 13.1 Å². The second-order valence-corrected chi connectivity index (χ2v) is 5.29. The van der Waals surface area contributed by atoms with Crippen LogP contribution in [0.15, 0.2) is 45.9 Å². The quantitative estimate of drug-likeness (QED) is 0.772. The second-order valence-electron chi connectivity index (χ2n) is 4.37. The molecule has 7 heteroatoms. The van der Waals surface area contributed by atoms with E-state index in [1.807, 2.05) is 24.3 Å². The Morgan fingerprint density at radius 3 is 3.00 bits per heavy atom. The van der Waals surface area contributed by atoms with Crippen LogP contribution in [0.3, 0.4) is 0 Å². The van der Waals surface area contributed by atoms with Crippen molar-refractivity contribution in [1.29, 1.82) is 0 Å². The molecule has 0 radical (unpaired) electrons. The molecule has 2 rings (SSSR count). The van der Waals surface area contributed by atoms with Crippen LogP contribution in [-0.4, -0.2) is 39.2 Å². The highest BCUT2D eigenvalue weighted by atomic mass is 79.9. The minimum Gasteiger partial charge on any atom is -0.480 e. The fourth-order valence-corrected chi connectivity index (χ4v) is 2.21. The van der Waals surface area contributed by atoms with Crippen molar-refractivity contribution in [2.24, 2.45) is 0 Å². The molecule has 0 fully saturated rings. The Bertz CT molecular complexity index is 642. The Kier molecular flexibility index (Phi) is 5.24.